The van der Waals surface area contributed by atoms with E-state index in [9.17, 15) is 0 Å². The lowest BCUT2D eigenvalue weighted by Gasteiger charge is -2.08. The van der Waals surface area contributed by atoms with Gasteiger partial charge < -0.3 is 9.15 Å². The molecule has 0 aliphatic rings. The minimum atomic E-state index is -0.190. The van der Waals surface area contributed by atoms with Gasteiger partial charge in [0, 0.05) is 5.39 Å². The van der Waals surface area contributed by atoms with Crippen molar-refractivity contribution in [2.45, 2.75) is 18.7 Å². The maximum Gasteiger partial charge on any atom is 0.134 e. The standard InChI is InChI=1S/C18H17ClO2/c1-12-6-7-17-14(8-12)11-18(21-17)16(19)10-13-4-3-5-15(9-13)20-2/h3-9,11,16H,10H2,1-2H3. The molecule has 3 rings (SSSR count). The van der Waals surface area contributed by atoms with Crippen LogP contribution in [-0.2, 0) is 6.42 Å². The zero-order chi connectivity index (χ0) is 14.8. The highest BCUT2D eigenvalue weighted by molar-refractivity contribution is 6.20. The summed E-state index contributed by atoms with van der Waals surface area (Å²) >= 11 is 6.51. The molecular formula is C18H17ClO2. The fourth-order valence-electron chi connectivity index (χ4n) is 2.44. The smallest absolute Gasteiger partial charge is 0.134 e. The topological polar surface area (TPSA) is 22.4 Å². The van der Waals surface area contributed by atoms with Crippen LogP contribution in [0.15, 0.2) is 52.9 Å². The lowest BCUT2D eigenvalue weighted by atomic mass is 10.1. The van der Waals surface area contributed by atoms with E-state index in [-0.39, 0.29) is 5.38 Å². The highest BCUT2D eigenvalue weighted by Crippen LogP contribution is 2.31. The number of hydrogen-bond acceptors (Lipinski definition) is 2. The zero-order valence-electron chi connectivity index (χ0n) is 12.1. The predicted octanol–water partition coefficient (Wildman–Crippen LogP) is 5.27. The van der Waals surface area contributed by atoms with Crippen LogP contribution in [0.2, 0.25) is 0 Å². The number of furan rings is 1. The minimum Gasteiger partial charge on any atom is -0.497 e. The van der Waals surface area contributed by atoms with Gasteiger partial charge in [0.15, 0.2) is 0 Å². The van der Waals surface area contributed by atoms with Gasteiger partial charge >= 0.3 is 0 Å². The second-order valence-corrected chi connectivity index (χ2v) is 5.74. The van der Waals surface area contributed by atoms with Gasteiger partial charge in [0.1, 0.15) is 17.1 Å². The number of fused-ring (bicyclic) bond motifs is 1. The zero-order valence-corrected chi connectivity index (χ0v) is 12.9. The summed E-state index contributed by atoms with van der Waals surface area (Å²) in [6, 6.07) is 16.1. The third-order valence-electron chi connectivity index (χ3n) is 3.55. The largest absolute Gasteiger partial charge is 0.497 e. The van der Waals surface area contributed by atoms with Gasteiger partial charge in [0.25, 0.3) is 0 Å². The summed E-state index contributed by atoms with van der Waals surface area (Å²) in [5, 5.41) is 0.908. The van der Waals surface area contributed by atoms with Crippen molar-refractivity contribution in [2.24, 2.45) is 0 Å². The Labute approximate surface area is 129 Å². The van der Waals surface area contributed by atoms with E-state index in [1.165, 1.54) is 5.56 Å². The molecule has 1 heterocycles. The lowest BCUT2D eigenvalue weighted by molar-refractivity contribution is 0.414. The molecular weight excluding hydrogens is 284 g/mol. The highest BCUT2D eigenvalue weighted by atomic mass is 35.5. The van der Waals surface area contributed by atoms with Crippen molar-refractivity contribution in [3.05, 3.63) is 65.4 Å². The molecule has 3 heteroatoms. The monoisotopic (exact) mass is 300 g/mol. The van der Waals surface area contributed by atoms with Gasteiger partial charge in [0.2, 0.25) is 0 Å². The van der Waals surface area contributed by atoms with Crippen LogP contribution in [0.25, 0.3) is 11.0 Å². The predicted molar refractivity (Wildman–Crippen MR) is 86.2 cm³/mol. The molecule has 2 aromatic carbocycles. The molecule has 21 heavy (non-hydrogen) atoms. The number of alkyl halides is 1. The van der Waals surface area contributed by atoms with Crippen LogP contribution in [0.5, 0.6) is 5.75 Å². The summed E-state index contributed by atoms with van der Waals surface area (Å²) in [7, 11) is 1.67. The van der Waals surface area contributed by atoms with Crippen molar-refractivity contribution < 1.29 is 9.15 Å². The molecule has 1 aromatic heterocycles. The van der Waals surface area contributed by atoms with E-state index < -0.39 is 0 Å². The van der Waals surface area contributed by atoms with Crippen molar-refractivity contribution in [3.8, 4) is 5.75 Å². The summed E-state index contributed by atoms with van der Waals surface area (Å²) in [4.78, 5) is 0. The molecule has 1 atom stereocenters. The first-order valence-corrected chi connectivity index (χ1v) is 7.36. The fraction of sp³-hybridized carbons (Fsp3) is 0.222. The normalized spacial score (nSPS) is 12.5. The number of benzene rings is 2. The van der Waals surface area contributed by atoms with Crippen LogP contribution in [0.4, 0.5) is 0 Å². The van der Waals surface area contributed by atoms with Crippen molar-refractivity contribution >= 4 is 22.6 Å². The number of halogens is 1. The minimum absolute atomic E-state index is 0.190. The van der Waals surface area contributed by atoms with Crippen molar-refractivity contribution in [1.82, 2.24) is 0 Å². The van der Waals surface area contributed by atoms with E-state index in [0.717, 1.165) is 28.0 Å². The van der Waals surface area contributed by atoms with Crippen molar-refractivity contribution in [3.63, 3.8) is 0 Å². The Morgan fingerprint density at radius 2 is 2.00 bits per heavy atom. The third-order valence-corrected chi connectivity index (χ3v) is 3.92. The Morgan fingerprint density at radius 1 is 1.14 bits per heavy atom. The molecule has 108 valence electrons. The first kappa shape index (κ1) is 14.0. The van der Waals surface area contributed by atoms with Crippen LogP contribution in [0.1, 0.15) is 22.3 Å². The van der Waals surface area contributed by atoms with E-state index in [4.69, 9.17) is 20.8 Å². The summed E-state index contributed by atoms with van der Waals surface area (Å²) in [5.74, 6) is 1.65. The van der Waals surface area contributed by atoms with Gasteiger partial charge in [0.05, 0.1) is 12.5 Å². The van der Waals surface area contributed by atoms with Gasteiger partial charge in [-0.1, -0.05) is 23.8 Å². The van der Waals surface area contributed by atoms with Gasteiger partial charge in [-0.3, -0.25) is 0 Å². The van der Waals surface area contributed by atoms with Crippen LogP contribution in [-0.4, -0.2) is 7.11 Å². The molecule has 0 aliphatic carbocycles. The highest BCUT2D eigenvalue weighted by Gasteiger charge is 2.15. The first-order chi connectivity index (χ1) is 10.2. The quantitative estimate of drug-likeness (QED) is 0.612. The fourth-order valence-corrected chi connectivity index (χ4v) is 2.73. The maximum absolute atomic E-state index is 6.51. The third kappa shape index (κ3) is 3.06. The first-order valence-electron chi connectivity index (χ1n) is 6.93. The molecule has 0 amide bonds. The summed E-state index contributed by atoms with van der Waals surface area (Å²) in [5.41, 5.74) is 3.23. The summed E-state index contributed by atoms with van der Waals surface area (Å²) in [6.45, 7) is 2.07. The van der Waals surface area contributed by atoms with E-state index in [2.05, 4.69) is 13.0 Å². The van der Waals surface area contributed by atoms with Gasteiger partial charge in [-0.05, 0) is 49.2 Å². The number of aryl methyl sites for hydroxylation is 1. The van der Waals surface area contributed by atoms with Crippen molar-refractivity contribution in [2.75, 3.05) is 7.11 Å². The second-order valence-electron chi connectivity index (χ2n) is 5.21. The number of ether oxygens (including phenoxy) is 1. The second kappa shape index (κ2) is 5.82. The number of rotatable bonds is 4. The average Bonchev–Trinajstić information content (AvgIpc) is 2.90. The Balaban J connectivity index is 1.84. The molecule has 0 N–H and O–H groups in total. The van der Waals surface area contributed by atoms with E-state index >= 15 is 0 Å². The maximum atomic E-state index is 6.51. The summed E-state index contributed by atoms with van der Waals surface area (Å²) < 4.78 is 11.1. The van der Waals surface area contributed by atoms with Crippen LogP contribution in [0, 0.1) is 6.92 Å². The molecule has 0 fully saturated rings. The van der Waals surface area contributed by atoms with E-state index in [1.54, 1.807) is 7.11 Å². The number of hydrogen-bond donors (Lipinski definition) is 0. The average molecular weight is 301 g/mol. The molecule has 2 nitrogen and oxygen atoms in total. The molecule has 1 unspecified atom stereocenters. The van der Waals surface area contributed by atoms with Crippen LogP contribution < -0.4 is 4.74 Å². The summed E-state index contributed by atoms with van der Waals surface area (Å²) in [6.07, 6.45) is 0.706. The Hall–Kier alpha value is -1.93. The molecule has 0 radical (unpaired) electrons. The van der Waals surface area contributed by atoms with Crippen LogP contribution >= 0.6 is 11.6 Å². The van der Waals surface area contributed by atoms with Gasteiger partial charge in [-0.15, -0.1) is 11.6 Å². The molecule has 0 bridgehead atoms. The van der Waals surface area contributed by atoms with Crippen LogP contribution in [0.3, 0.4) is 0 Å². The number of methoxy groups -OCH3 is 1. The molecule has 0 saturated carbocycles. The van der Waals surface area contributed by atoms with Gasteiger partial charge in [-0.2, -0.15) is 0 Å². The lowest BCUT2D eigenvalue weighted by Crippen LogP contribution is -1.95. The SMILES string of the molecule is COc1cccc(CC(Cl)c2cc3cc(C)ccc3o2)c1. The molecule has 3 aromatic rings. The van der Waals surface area contributed by atoms with E-state index in [0.29, 0.717) is 6.42 Å². The molecule has 0 saturated heterocycles. The molecule has 0 aliphatic heterocycles. The Morgan fingerprint density at radius 3 is 2.81 bits per heavy atom. The Kier molecular flexibility index (Phi) is 3.89. The molecule has 0 spiro atoms. The van der Waals surface area contributed by atoms with E-state index in [1.807, 2.05) is 42.5 Å². The Bertz CT molecular complexity index is 761. The van der Waals surface area contributed by atoms with Gasteiger partial charge in [-0.25, -0.2) is 0 Å². The van der Waals surface area contributed by atoms with Crippen molar-refractivity contribution in [1.29, 1.82) is 0 Å².